The second-order valence-electron chi connectivity index (χ2n) is 5.78. The topological polar surface area (TPSA) is 53.8 Å². The summed E-state index contributed by atoms with van der Waals surface area (Å²) in [6.45, 7) is 5.88. The molecule has 0 saturated carbocycles. The van der Waals surface area contributed by atoms with Crippen LogP contribution in [0.25, 0.3) is 0 Å². The summed E-state index contributed by atoms with van der Waals surface area (Å²) in [6, 6.07) is 8.55. The zero-order chi connectivity index (χ0) is 15.2. The average Bonchev–Trinajstić information content (AvgIpc) is 2.64. The van der Waals surface area contributed by atoms with Crippen LogP contribution in [0.5, 0.6) is 5.75 Å². The van der Waals surface area contributed by atoms with E-state index >= 15 is 0 Å². The summed E-state index contributed by atoms with van der Waals surface area (Å²) in [4.78, 5) is 4.78. The fourth-order valence-electron chi connectivity index (χ4n) is 3.10. The summed E-state index contributed by atoms with van der Waals surface area (Å²) in [5.41, 5.74) is 4.15. The van der Waals surface area contributed by atoms with E-state index in [1.807, 2.05) is 25.1 Å². The highest BCUT2D eigenvalue weighted by molar-refractivity contribution is 5.37. The molecule has 2 unspecified atom stereocenters. The molecule has 3 N–H and O–H groups in total. The number of hydrogen-bond donors (Lipinski definition) is 2. The molecule has 0 spiro atoms. The van der Waals surface area contributed by atoms with Crippen molar-refractivity contribution in [3.05, 3.63) is 29.8 Å². The Morgan fingerprint density at radius 2 is 2.10 bits per heavy atom. The molecule has 21 heavy (non-hydrogen) atoms. The molecule has 2 atom stereocenters. The molecule has 1 aliphatic heterocycles. The molecule has 5 nitrogen and oxygen atoms in total. The highest BCUT2D eigenvalue weighted by Gasteiger charge is 2.30. The van der Waals surface area contributed by atoms with E-state index in [0.717, 1.165) is 30.9 Å². The highest BCUT2D eigenvalue weighted by Crippen LogP contribution is 2.29. The highest BCUT2D eigenvalue weighted by atomic mass is 16.5. The zero-order valence-corrected chi connectivity index (χ0v) is 13.4. The van der Waals surface area contributed by atoms with Gasteiger partial charge in [-0.2, -0.15) is 0 Å². The van der Waals surface area contributed by atoms with E-state index in [4.69, 9.17) is 10.6 Å². The number of hydrazine groups is 1. The first-order valence-electron chi connectivity index (χ1n) is 7.74. The van der Waals surface area contributed by atoms with E-state index in [2.05, 4.69) is 35.4 Å². The molecule has 0 radical (unpaired) electrons. The number of hydrogen-bond acceptors (Lipinski definition) is 5. The minimum Gasteiger partial charge on any atom is -0.494 e. The number of nitrogens with one attached hydrogen (secondary N) is 1. The first kappa shape index (κ1) is 16.2. The minimum absolute atomic E-state index is 0.0540. The van der Waals surface area contributed by atoms with Crippen molar-refractivity contribution < 1.29 is 4.74 Å². The molecule has 2 rings (SSSR count). The van der Waals surface area contributed by atoms with Gasteiger partial charge < -0.3 is 14.5 Å². The van der Waals surface area contributed by atoms with Crippen molar-refractivity contribution in [2.24, 2.45) is 5.84 Å². The summed E-state index contributed by atoms with van der Waals surface area (Å²) in [5, 5.41) is 0. The number of nitrogens with two attached hydrogens (primary N) is 1. The molecule has 0 aliphatic carbocycles. The summed E-state index contributed by atoms with van der Waals surface area (Å²) < 4.78 is 5.78. The molecule has 1 aromatic rings. The third kappa shape index (κ3) is 3.95. The lowest BCUT2D eigenvalue weighted by atomic mass is 9.97. The summed E-state index contributed by atoms with van der Waals surface area (Å²) in [5.74, 6) is 6.83. The van der Waals surface area contributed by atoms with Crippen LogP contribution in [-0.4, -0.2) is 56.2 Å². The van der Waals surface area contributed by atoms with Gasteiger partial charge in [0.25, 0.3) is 0 Å². The quantitative estimate of drug-likeness (QED) is 0.631. The van der Waals surface area contributed by atoms with Crippen LogP contribution in [0, 0.1) is 0 Å². The number of likely N-dealkylation sites (N-methyl/N-ethyl adjacent to an activating group) is 2. The third-order valence-electron chi connectivity index (χ3n) is 4.23. The molecule has 0 bridgehead atoms. The second-order valence-corrected chi connectivity index (χ2v) is 5.78. The van der Waals surface area contributed by atoms with Crippen LogP contribution < -0.4 is 16.0 Å². The molecule has 118 valence electrons. The Hall–Kier alpha value is -1.14. The van der Waals surface area contributed by atoms with Gasteiger partial charge in [-0.15, -0.1) is 0 Å². The molecule has 5 heteroatoms. The van der Waals surface area contributed by atoms with Crippen molar-refractivity contribution in [2.45, 2.75) is 25.4 Å². The molecule has 1 fully saturated rings. The summed E-state index contributed by atoms with van der Waals surface area (Å²) in [6.07, 6.45) is 1.19. The molecule has 1 aromatic carbocycles. The molecule has 1 aliphatic rings. The van der Waals surface area contributed by atoms with Gasteiger partial charge >= 0.3 is 0 Å². The lowest BCUT2D eigenvalue weighted by Crippen LogP contribution is -2.49. The second kappa shape index (κ2) is 7.75. The maximum absolute atomic E-state index is 5.91. The van der Waals surface area contributed by atoms with Crippen LogP contribution in [-0.2, 0) is 0 Å². The molecule has 1 heterocycles. The molecular weight excluding hydrogens is 264 g/mol. The van der Waals surface area contributed by atoms with Gasteiger partial charge in [0.1, 0.15) is 5.75 Å². The summed E-state index contributed by atoms with van der Waals surface area (Å²) in [7, 11) is 4.35. The summed E-state index contributed by atoms with van der Waals surface area (Å²) >= 11 is 0. The molecule has 0 aromatic heterocycles. The predicted octanol–water partition coefficient (Wildman–Crippen LogP) is 1.23. The first-order chi connectivity index (χ1) is 10.2. The predicted molar refractivity (Wildman–Crippen MR) is 86.2 cm³/mol. The normalized spacial score (nSPS) is 22.8. The lowest BCUT2D eigenvalue weighted by molar-refractivity contribution is 0.176. The fourth-order valence-corrected chi connectivity index (χ4v) is 3.10. The van der Waals surface area contributed by atoms with E-state index in [0.29, 0.717) is 12.6 Å². The van der Waals surface area contributed by atoms with Crippen molar-refractivity contribution in [1.29, 1.82) is 0 Å². The third-order valence-corrected chi connectivity index (χ3v) is 4.23. The van der Waals surface area contributed by atoms with Gasteiger partial charge in [-0.1, -0.05) is 18.2 Å². The minimum atomic E-state index is 0.0540. The monoisotopic (exact) mass is 292 g/mol. The Morgan fingerprint density at radius 1 is 1.33 bits per heavy atom. The Balaban J connectivity index is 2.29. The number of ether oxygens (including phenoxy) is 1. The SMILES string of the molecule is CCOc1ccccc1C(NN)C1CN(C)CCCN1C. The van der Waals surface area contributed by atoms with Gasteiger partial charge in [0.15, 0.2) is 0 Å². The van der Waals surface area contributed by atoms with Crippen LogP contribution in [0.3, 0.4) is 0 Å². The number of para-hydroxylation sites is 1. The van der Waals surface area contributed by atoms with Crippen molar-refractivity contribution in [3.8, 4) is 5.75 Å². The molecule has 0 amide bonds. The Morgan fingerprint density at radius 3 is 2.81 bits per heavy atom. The molecule has 1 saturated heterocycles. The lowest BCUT2D eigenvalue weighted by Gasteiger charge is -2.35. The van der Waals surface area contributed by atoms with E-state index in [9.17, 15) is 0 Å². The smallest absolute Gasteiger partial charge is 0.124 e. The van der Waals surface area contributed by atoms with Crippen LogP contribution in [0.1, 0.15) is 24.9 Å². The maximum Gasteiger partial charge on any atom is 0.124 e. The molecular formula is C16H28N4O. The van der Waals surface area contributed by atoms with Crippen LogP contribution in [0.4, 0.5) is 0 Å². The van der Waals surface area contributed by atoms with Gasteiger partial charge in [-0.3, -0.25) is 11.3 Å². The number of nitrogens with zero attached hydrogens (tertiary/aromatic N) is 2. The zero-order valence-electron chi connectivity index (χ0n) is 13.4. The van der Waals surface area contributed by atoms with Crippen LogP contribution in [0.2, 0.25) is 0 Å². The largest absolute Gasteiger partial charge is 0.494 e. The first-order valence-corrected chi connectivity index (χ1v) is 7.74. The van der Waals surface area contributed by atoms with E-state index in [-0.39, 0.29) is 6.04 Å². The van der Waals surface area contributed by atoms with Crippen molar-refractivity contribution in [1.82, 2.24) is 15.2 Å². The van der Waals surface area contributed by atoms with Gasteiger partial charge in [0, 0.05) is 18.2 Å². The van der Waals surface area contributed by atoms with Gasteiger partial charge in [0.2, 0.25) is 0 Å². The van der Waals surface area contributed by atoms with E-state index in [1.54, 1.807) is 0 Å². The van der Waals surface area contributed by atoms with E-state index < -0.39 is 0 Å². The standard InChI is InChI=1S/C16H28N4O/c1-4-21-15-9-6-5-8-13(15)16(18-17)14-12-19(2)10-7-11-20(14)3/h5-6,8-9,14,16,18H,4,7,10-12,17H2,1-3H3. The number of benzene rings is 1. The fraction of sp³-hybridized carbons (Fsp3) is 0.625. The average molecular weight is 292 g/mol. The Bertz CT molecular complexity index is 440. The van der Waals surface area contributed by atoms with E-state index in [1.165, 1.54) is 6.42 Å². The van der Waals surface area contributed by atoms with Gasteiger partial charge in [0.05, 0.1) is 12.6 Å². The number of rotatable bonds is 5. The van der Waals surface area contributed by atoms with Crippen molar-refractivity contribution in [3.63, 3.8) is 0 Å². The maximum atomic E-state index is 5.91. The Kier molecular flexibility index (Phi) is 5.99. The van der Waals surface area contributed by atoms with Crippen molar-refractivity contribution >= 4 is 0 Å². The van der Waals surface area contributed by atoms with Gasteiger partial charge in [-0.05, 0) is 46.6 Å². The van der Waals surface area contributed by atoms with Gasteiger partial charge in [-0.25, -0.2) is 0 Å². The van der Waals surface area contributed by atoms with Crippen LogP contribution >= 0.6 is 0 Å². The van der Waals surface area contributed by atoms with Crippen LogP contribution in [0.15, 0.2) is 24.3 Å². The van der Waals surface area contributed by atoms with Crippen molar-refractivity contribution in [2.75, 3.05) is 40.3 Å². The Labute approximate surface area is 128 Å².